The number of carbonyl (C=O) groups excluding carboxylic acids is 1. The SMILES string of the molecule is COc1ccc(-c2cccc(OC(=O)Nc3ccc(N4CC(C)OC(C)C4)nc3)c2C)cc1. The number of morpholine rings is 1. The third kappa shape index (κ3) is 5.43. The van der Waals surface area contributed by atoms with Crippen LogP contribution in [0.2, 0.25) is 0 Å². The van der Waals surface area contributed by atoms with Crippen molar-refractivity contribution in [2.75, 3.05) is 30.4 Å². The topological polar surface area (TPSA) is 72.9 Å². The molecule has 0 saturated carbocycles. The maximum Gasteiger partial charge on any atom is 0.417 e. The van der Waals surface area contributed by atoms with Crippen LogP contribution in [0.25, 0.3) is 11.1 Å². The minimum atomic E-state index is -0.562. The van der Waals surface area contributed by atoms with E-state index < -0.39 is 6.09 Å². The van der Waals surface area contributed by atoms with Crippen LogP contribution in [0.15, 0.2) is 60.8 Å². The van der Waals surface area contributed by atoms with Gasteiger partial charge in [-0.1, -0.05) is 24.3 Å². The van der Waals surface area contributed by atoms with E-state index in [0.29, 0.717) is 11.4 Å². The van der Waals surface area contributed by atoms with Crippen LogP contribution in [0.5, 0.6) is 11.5 Å². The first-order chi connectivity index (χ1) is 15.9. The molecule has 2 heterocycles. The zero-order valence-corrected chi connectivity index (χ0v) is 19.4. The van der Waals surface area contributed by atoms with Crippen molar-refractivity contribution in [3.8, 4) is 22.6 Å². The van der Waals surface area contributed by atoms with Gasteiger partial charge in [0.2, 0.25) is 0 Å². The fourth-order valence-corrected chi connectivity index (χ4v) is 4.06. The minimum Gasteiger partial charge on any atom is -0.497 e. The molecule has 0 bridgehead atoms. The van der Waals surface area contributed by atoms with Crippen LogP contribution in [-0.2, 0) is 4.74 Å². The number of anilines is 2. The first-order valence-corrected chi connectivity index (χ1v) is 11.0. The van der Waals surface area contributed by atoms with E-state index in [1.165, 1.54) is 0 Å². The molecular weight excluding hydrogens is 418 g/mol. The fourth-order valence-electron chi connectivity index (χ4n) is 4.06. The van der Waals surface area contributed by atoms with Crippen molar-refractivity contribution < 1.29 is 19.0 Å². The van der Waals surface area contributed by atoms with Gasteiger partial charge in [-0.05, 0) is 67.8 Å². The number of aromatic nitrogens is 1. The Morgan fingerprint density at radius 1 is 1.06 bits per heavy atom. The van der Waals surface area contributed by atoms with Crippen molar-refractivity contribution in [2.24, 2.45) is 0 Å². The molecule has 0 spiro atoms. The number of methoxy groups -OCH3 is 1. The van der Waals surface area contributed by atoms with Gasteiger partial charge in [-0.2, -0.15) is 0 Å². The van der Waals surface area contributed by atoms with E-state index in [0.717, 1.165) is 41.3 Å². The first-order valence-electron chi connectivity index (χ1n) is 11.0. The molecule has 1 N–H and O–H groups in total. The summed E-state index contributed by atoms with van der Waals surface area (Å²) in [6.45, 7) is 7.62. The molecule has 3 aromatic rings. The van der Waals surface area contributed by atoms with Crippen molar-refractivity contribution in [1.29, 1.82) is 0 Å². The van der Waals surface area contributed by atoms with Crippen molar-refractivity contribution in [2.45, 2.75) is 33.0 Å². The lowest BCUT2D eigenvalue weighted by Gasteiger charge is -2.36. The third-order valence-corrected chi connectivity index (χ3v) is 5.63. The van der Waals surface area contributed by atoms with Gasteiger partial charge in [0, 0.05) is 13.1 Å². The number of hydrogen-bond acceptors (Lipinski definition) is 6. The number of amides is 1. The Morgan fingerprint density at radius 2 is 1.79 bits per heavy atom. The van der Waals surface area contributed by atoms with Gasteiger partial charge < -0.3 is 19.1 Å². The van der Waals surface area contributed by atoms with Crippen LogP contribution in [0, 0.1) is 6.92 Å². The highest BCUT2D eigenvalue weighted by molar-refractivity contribution is 5.87. The molecule has 1 fully saturated rings. The van der Waals surface area contributed by atoms with E-state index in [4.69, 9.17) is 14.2 Å². The second kappa shape index (κ2) is 9.92. The molecular formula is C26H29N3O4. The Labute approximate surface area is 194 Å². The molecule has 172 valence electrons. The second-order valence-corrected chi connectivity index (χ2v) is 8.24. The molecule has 7 heteroatoms. The third-order valence-electron chi connectivity index (χ3n) is 5.63. The number of pyridine rings is 1. The van der Waals surface area contributed by atoms with Crippen LogP contribution in [0.1, 0.15) is 19.4 Å². The Kier molecular flexibility index (Phi) is 6.79. The maximum atomic E-state index is 12.5. The second-order valence-electron chi connectivity index (χ2n) is 8.24. The Morgan fingerprint density at radius 3 is 2.42 bits per heavy atom. The first kappa shape index (κ1) is 22.6. The molecule has 4 rings (SSSR count). The standard InChI is InChI=1S/C26H29N3O4/c1-17-15-29(16-18(2)32-17)25-13-10-21(14-27-25)28-26(30)33-24-7-5-6-23(19(24)3)20-8-11-22(31-4)12-9-20/h5-14,17-18H,15-16H2,1-4H3,(H,28,30). The monoisotopic (exact) mass is 447 g/mol. The zero-order valence-electron chi connectivity index (χ0n) is 19.4. The van der Waals surface area contributed by atoms with Crippen molar-refractivity contribution in [3.63, 3.8) is 0 Å². The molecule has 1 aromatic heterocycles. The van der Waals surface area contributed by atoms with E-state index in [1.54, 1.807) is 19.4 Å². The molecule has 0 radical (unpaired) electrons. The summed E-state index contributed by atoms with van der Waals surface area (Å²) in [5.41, 5.74) is 3.46. The van der Waals surface area contributed by atoms with Crippen molar-refractivity contribution in [3.05, 3.63) is 66.4 Å². The highest BCUT2D eigenvalue weighted by Crippen LogP contribution is 2.31. The molecule has 1 amide bonds. The van der Waals surface area contributed by atoms with Crippen LogP contribution in [0.3, 0.4) is 0 Å². The number of nitrogens with one attached hydrogen (secondary N) is 1. The van der Waals surface area contributed by atoms with Gasteiger partial charge in [-0.3, -0.25) is 5.32 Å². The fraction of sp³-hybridized carbons (Fsp3) is 0.308. The lowest BCUT2D eigenvalue weighted by Crippen LogP contribution is -2.45. The molecule has 1 aliphatic heterocycles. The Balaban J connectivity index is 1.41. The van der Waals surface area contributed by atoms with E-state index in [9.17, 15) is 4.79 Å². The van der Waals surface area contributed by atoms with Gasteiger partial charge in [-0.15, -0.1) is 0 Å². The van der Waals surface area contributed by atoms with Crippen LogP contribution < -0.4 is 19.7 Å². The molecule has 2 unspecified atom stereocenters. The van der Waals surface area contributed by atoms with E-state index in [2.05, 4.69) is 29.0 Å². The van der Waals surface area contributed by atoms with Gasteiger partial charge in [-0.25, -0.2) is 9.78 Å². The zero-order chi connectivity index (χ0) is 23.4. The van der Waals surface area contributed by atoms with E-state index in [-0.39, 0.29) is 12.2 Å². The molecule has 0 aliphatic carbocycles. The van der Waals surface area contributed by atoms with Crippen molar-refractivity contribution in [1.82, 2.24) is 4.98 Å². The van der Waals surface area contributed by atoms with Crippen LogP contribution in [-0.4, -0.2) is 43.5 Å². The summed E-state index contributed by atoms with van der Waals surface area (Å²) in [5, 5.41) is 2.76. The summed E-state index contributed by atoms with van der Waals surface area (Å²) >= 11 is 0. The molecule has 1 aliphatic rings. The lowest BCUT2D eigenvalue weighted by molar-refractivity contribution is -0.00545. The predicted molar refractivity (Wildman–Crippen MR) is 129 cm³/mol. The highest BCUT2D eigenvalue weighted by Gasteiger charge is 2.23. The quantitative estimate of drug-likeness (QED) is 0.573. The number of carbonyl (C=O) groups is 1. The number of ether oxygens (including phenoxy) is 3. The number of rotatable bonds is 5. The van der Waals surface area contributed by atoms with Gasteiger partial charge in [0.1, 0.15) is 17.3 Å². The van der Waals surface area contributed by atoms with Crippen molar-refractivity contribution >= 4 is 17.6 Å². The van der Waals surface area contributed by atoms with E-state index in [1.807, 2.05) is 55.5 Å². The highest BCUT2D eigenvalue weighted by atomic mass is 16.6. The summed E-state index contributed by atoms with van der Waals surface area (Å²) < 4.78 is 16.6. The molecule has 2 atom stereocenters. The Bertz CT molecular complexity index is 1090. The van der Waals surface area contributed by atoms with Gasteiger partial charge in [0.05, 0.1) is 31.2 Å². The van der Waals surface area contributed by atoms with E-state index >= 15 is 0 Å². The molecule has 7 nitrogen and oxygen atoms in total. The smallest absolute Gasteiger partial charge is 0.417 e. The average molecular weight is 448 g/mol. The molecule has 1 saturated heterocycles. The predicted octanol–water partition coefficient (Wildman–Crippen LogP) is 5.29. The summed E-state index contributed by atoms with van der Waals surface area (Å²) in [6, 6.07) is 17.2. The number of nitrogens with zero attached hydrogens (tertiary/aromatic N) is 2. The van der Waals surface area contributed by atoms with Gasteiger partial charge >= 0.3 is 6.09 Å². The minimum absolute atomic E-state index is 0.153. The number of benzene rings is 2. The Hall–Kier alpha value is -3.58. The summed E-state index contributed by atoms with van der Waals surface area (Å²) in [5.74, 6) is 2.15. The van der Waals surface area contributed by atoms with Gasteiger partial charge in [0.15, 0.2) is 0 Å². The summed E-state index contributed by atoms with van der Waals surface area (Å²) in [6.07, 6.45) is 1.39. The maximum absolute atomic E-state index is 12.5. The number of hydrogen-bond donors (Lipinski definition) is 1. The summed E-state index contributed by atoms with van der Waals surface area (Å²) in [7, 11) is 1.64. The molecule has 2 aromatic carbocycles. The normalized spacial score (nSPS) is 18.0. The largest absolute Gasteiger partial charge is 0.497 e. The average Bonchev–Trinajstić information content (AvgIpc) is 2.80. The van der Waals surface area contributed by atoms with Gasteiger partial charge in [0.25, 0.3) is 0 Å². The van der Waals surface area contributed by atoms with Crippen LogP contribution in [0.4, 0.5) is 16.3 Å². The summed E-state index contributed by atoms with van der Waals surface area (Å²) in [4.78, 5) is 19.2. The molecule has 33 heavy (non-hydrogen) atoms. The van der Waals surface area contributed by atoms with Crippen LogP contribution >= 0.6 is 0 Å². The lowest BCUT2D eigenvalue weighted by atomic mass is 10.00.